The van der Waals surface area contributed by atoms with Crippen LogP contribution in [-0.2, 0) is 0 Å². The van der Waals surface area contributed by atoms with Gasteiger partial charge in [-0.25, -0.2) is 0 Å². The molecule has 0 radical (unpaired) electrons. The molecule has 17 heavy (non-hydrogen) atoms. The molecule has 0 aromatic rings. The summed E-state index contributed by atoms with van der Waals surface area (Å²) < 4.78 is 0. The second-order valence-corrected chi connectivity index (χ2v) is 8.27. The zero-order chi connectivity index (χ0) is 12.3. The topological polar surface area (TPSA) is 12.0 Å². The first-order valence-corrected chi connectivity index (χ1v) is 7.62. The lowest BCUT2D eigenvalue weighted by atomic mass is 9.39. The quantitative estimate of drug-likeness (QED) is 0.780. The predicted octanol–water partition coefficient (Wildman–Crippen LogP) is 3.98. The van der Waals surface area contributed by atoms with E-state index in [9.17, 15) is 0 Å². The molecular weight excluding hydrogens is 206 g/mol. The van der Waals surface area contributed by atoms with E-state index in [0.717, 1.165) is 18.5 Å². The van der Waals surface area contributed by atoms with Gasteiger partial charge in [0.1, 0.15) is 0 Å². The van der Waals surface area contributed by atoms with Crippen LogP contribution in [0.1, 0.15) is 66.2 Å². The van der Waals surface area contributed by atoms with E-state index in [2.05, 4.69) is 33.0 Å². The van der Waals surface area contributed by atoms with Gasteiger partial charge in [0.05, 0.1) is 0 Å². The maximum Gasteiger partial charge on any atom is 0.00955 e. The molecule has 4 saturated carbocycles. The molecule has 4 fully saturated rings. The van der Waals surface area contributed by atoms with Gasteiger partial charge in [0.25, 0.3) is 0 Å². The molecule has 3 unspecified atom stereocenters. The summed E-state index contributed by atoms with van der Waals surface area (Å²) in [7, 11) is 0. The molecule has 0 aromatic heterocycles. The molecule has 98 valence electrons. The molecule has 4 bridgehead atoms. The summed E-state index contributed by atoms with van der Waals surface area (Å²) in [5.41, 5.74) is 1.95. The van der Waals surface area contributed by atoms with Crippen molar-refractivity contribution in [3.8, 4) is 0 Å². The molecule has 1 heteroatoms. The Labute approximate surface area is 107 Å². The highest BCUT2D eigenvalue weighted by molar-refractivity contribution is 5.12. The average molecular weight is 235 g/mol. The van der Waals surface area contributed by atoms with Crippen molar-refractivity contribution < 1.29 is 0 Å². The van der Waals surface area contributed by atoms with Crippen LogP contribution in [0.15, 0.2) is 0 Å². The van der Waals surface area contributed by atoms with Crippen LogP contribution in [0.2, 0.25) is 0 Å². The SMILES string of the molecule is CCNC(C)C12CC3CC(C)(CC(C)(C3)C1)C2. The average Bonchev–Trinajstić information content (AvgIpc) is 2.11. The lowest BCUT2D eigenvalue weighted by molar-refractivity contribution is -0.155. The fourth-order valence-electron chi connectivity index (χ4n) is 6.54. The van der Waals surface area contributed by atoms with Gasteiger partial charge in [0.15, 0.2) is 0 Å². The number of hydrogen-bond donors (Lipinski definition) is 1. The van der Waals surface area contributed by atoms with Gasteiger partial charge in [0, 0.05) is 6.04 Å². The van der Waals surface area contributed by atoms with E-state index in [-0.39, 0.29) is 0 Å². The maximum absolute atomic E-state index is 3.74. The summed E-state index contributed by atoms with van der Waals surface area (Å²) in [6.07, 6.45) is 9.01. The van der Waals surface area contributed by atoms with Crippen LogP contribution in [0, 0.1) is 22.2 Å². The minimum absolute atomic E-state index is 0.624. The molecule has 0 heterocycles. The minimum Gasteiger partial charge on any atom is -0.314 e. The Bertz CT molecular complexity index is 303. The van der Waals surface area contributed by atoms with Crippen molar-refractivity contribution in [2.45, 2.75) is 72.3 Å². The van der Waals surface area contributed by atoms with Gasteiger partial charge in [0.2, 0.25) is 0 Å². The summed E-state index contributed by atoms with van der Waals surface area (Å²) >= 11 is 0. The van der Waals surface area contributed by atoms with Crippen LogP contribution in [0.4, 0.5) is 0 Å². The Hall–Kier alpha value is -0.0400. The highest BCUT2D eigenvalue weighted by Crippen LogP contribution is 2.70. The Morgan fingerprint density at radius 3 is 2.12 bits per heavy atom. The van der Waals surface area contributed by atoms with Crippen molar-refractivity contribution in [1.29, 1.82) is 0 Å². The summed E-state index contributed by atoms with van der Waals surface area (Å²) in [6, 6.07) is 0.717. The van der Waals surface area contributed by atoms with Crippen molar-refractivity contribution in [3.63, 3.8) is 0 Å². The Balaban J connectivity index is 1.92. The third-order valence-electron chi connectivity index (χ3n) is 6.10. The van der Waals surface area contributed by atoms with Gasteiger partial charge in [-0.05, 0) is 74.2 Å². The molecular formula is C16H29N. The number of hydrogen-bond acceptors (Lipinski definition) is 1. The van der Waals surface area contributed by atoms with E-state index in [4.69, 9.17) is 0 Å². The molecule has 0 saturated heterocycles. The van der Waals surface area contributed by atoms with Crippen LogP contribution < -0.4 is 5.32 Å². The first-order chi connectivity index (χ1) is 7.89. The number of rotatable bonds is 3. The van der Waals surface area contributed by atoms with Crippen molar-refractivity contribution in [3.05, 3.63) is 0 Å². The van der Waals surface area contributed by atoms with Crippen molar-refractivity contribution in [2.24, 2.45) is 22.2 Å². The summed E-state index contributed by atoms with van der Waals surface area (Å²) in [6.45, 7) is 11.0. The van der Waals surface area contributed by atoms with Crippen molar-refractivity contribution in [2.75, 3.05) is 6.54 Å². The first-order valence-electron chi connectivity index (χ1n) is 7.62. The van der Waals surface area contributed by atoms with Crippen molar-refractivity contribution >= 4 is 0 Å². The molecule has 4 rings (SSSR count). The Morgan fingerprint density at radius 2 is 1.65 bits per heavy atom. The highest BCUT2D eigenvalue weighted by atomic mass is 14.9. The zero-order valence-electron chi connectivity index (χ0n) is 12.1. The molecule has 4 aliphatic carbocycles. The van der Waals surface area contributed by atoms with Crippen LogP contribution >= 0.6 is 0 Å². The van der Waals surface area contributed by atoms with Gasteiger partial charge in [-0.3, -0.25) is 0 Å². The van der Waals surface area contributed by atoms with E-state index in [1.54, 1.807) is 0 Å². The van der Waals surface area contributed by atoms with E-state index in [1.807, 2.05) is 0 Å². The van der Waals surface area contributed by atoms with Gasteiger partial charge in [-0.2, -0.15) is 0 Å². The molecule has 0 amide bonds. The molecule has 1 nitrogen and oxygen atoms in total. The van der Waals surface area contributed by atoms with Crippen LogP contribution in [-0.4, -0.2) is 12.6 Å². The largest absolute Gasteiger partial charge is 0.314 e. The minimum atomic E-state index is 0.624. The van der Waals surface area contributed by atoms with Crippen LogP contribution in [0.3, 0.4) is 0 Å². The normalized spacial score (nSPS) is 54.0. The second-order valence-electron chi connectivity index (χ2n) is 8.27. The van der Waals surface area contributed by atoms with Crippen LogP contribution in [0.25, 0.3) is 0 Å². The smallest absolute Gasteiger partial charge is 0.00955 e. The van der Waals surface area contributed by atoms with Gasteiger partial charge in [-0.1, -0.05) is 20.8 Å². The first kappa shape index (κ1) is 12.0. The lowest BCUT2D eigenvalue weighted by Crippen LogP contribution is -2.60. The zero-order valence-corrected chi connectivity index (χ0v) is 12.1. The molecule has 1 N–H and O–H groups in total. The lowest BCUT2D eigenvalue weighted by Gasteiger charge is -2.67. The summed E-state index contributed by atoms with van der Waals surface area (Å²) in [5, 5.41) is 3.74. The van der Waals surface area contributed by atoms with Crippen molar-refractivity contribution in [1.82, 2.24) is 5.32 Å². The Kier molecular flexibility index (Phi) is 2.47. The fourth-order valence-corrected chi connectivity index (χ4v) is 6.54. The predicted molar refractivity (Wildman–Crippen MR) is 73.0 cm³/mol. The second kappa shape index (κ2) is 3.50. The van der Waals surface area contributed by atoms with E-state index in [1.165, 1.54) is 38.5 Å². The highest BCUT2D eigenvalue weighted by Gasteiger charge is 2.61. The third-order valence-corrected chi connectivity index (χ3v) is 6.10. The summed E-state index contributed by atoms with van der Waals surface area (Å²) in [4.78, 5) is 0. The molecule has 0 aliphatic heterocycles. The Morgan fingerprint density at radius 1 is 1.06 bits per heavy atom. The molecule has 0 aromatic carbocycles. The monoisotopic (exact) mass is 235 g/mol. The maximum atomic E-state index is 3.74. The van der Waals surface area contributed by atoms with Gasteiger partial charge in [-0.15, -0.1) is 0 Å². The molecule has 3 atom stereocenters. The van der Waals surface area contributed by atoms with E-state index in [0.29, 0.717) is 16.2 Å². The molecule has 0 spiro atoms. The van der Waals surface area contributed by atoms with E-state index < -0.39 is 0 Å². The molecule has 4 aliphatic rings. The van der Waals surface area contributed by atoms with Gasteiger partial charge < -0.3 is 5.32 Å². The standard InChI is InChI=1S/C16H29N/c1-5-17-12(2)16-8-13-6-14(3,10-16)9-15(4,7-13)11-16/h12-13,17H,5-11H2,1-4H3. The van der Waals surface area contributed by atoms with Crippen LogP contribution in [0.5, 0.6) is 0 Å². The fraction of sp³-hybridized carbons (Fsp3) is 1.00. The third kappa shape index (κ3) is 1.77. The van der Waals surface area contributed by atoms with Gasteiger partial charge >= 0.3 is 0 Å². The summed E-state index contributed by atoms with van der Waals surface area (Å²) in [5.74, 6) is 1.03. The van der Waals surface area contributed by atoms with E-state index >= 15 is 0 Å². The number of nitrogens with one attached hydrogen (secondary N) is 1.